The SMILES string of the molecule is CCN(Cc1nnc(-c2ccccc2)o1)c1ccccc1. The van der Waals surface area contributed by atoms with E-state index in [1.165, 1.54) is 0 Å². The Morgan fingerprint density at radius 3 is 2.24 bits per heavy atom. The van der Waals surface area contributed by atoms with Gasteiger partial charge in [-0.2, -0.15) is 0 Å². The molecule has 0 saturated heterocycles. The number of nitrogens with zero attached hydrogens (tertiary/aromatic N) is 3. The fourth-order valence-electron chi connectivity index (χ4n) is 2.20. The largest absolute Gasteiger partial charge is 0.419 e. The van der Waals surface area contributed by atoms with Crippen molar-refractivity contribution < 1.29 is 4.42 Å². The van der Waals surface area contributed by atoms with E-state index in [2.05, 4.69) is 34.2 Å². The van der Waals surface area contributed by atoms with Gasteiger partial charge in [-0.1, -0.05) is 36.4 Å². The number of hydrogen-bond acceptors (Lipinski definition) is 4. The van der Waals surface area contributed by atoms with E-state index in [0.717, 1.165) is 17.8 Å². The van der Waals surface area contributed by atoms with Crippen molar-refractivity contribution in [2.75, 3.05) is 11.4 Å². The standard InChI is InChI=1S/C17H17N3O/c1-2-20(15-11-7-4-8-12-15)13-16-18-19-17(21-16)14-9-5-3-6-10-14/h3-12H,2,13H2,1H3. The molecule has 0 amide bonds. The van der Waals surface area contributed by atoms with Crippen LogP contribution in [0.1, 0.15) is 12.8 Å². The summed E-state index contributed by atoms with van der Waals surface area (Å²) in [5, 5.41) is 8.27. The van der Waals surface area contributed by atoms with Gasteiger partial charge in [-0.05, 0) is 31.2 Å². The van der Waals surface area contributed by atoms with E-state index in [4.69, 9.17) is 4.42 Å². The van der Waals surface area contributed by atoms with Gasteiger partial charge in [0, 0.05) is 17.8 Å². The summed E-state index contributed by atoms with van der Waals surface area (Å²) in [5.41, 5.74) is 2.10. The summed E-state index contributed by atoms with van der Waals surface area (Å²) in [4.78, 5) is 2.20. The average molecular weight is 279 g/mol. The first kappa shape index (κ1) is 13.4. The molecule has 3 aromatic rings. The summed E-state index contributed by atoms with van der Waals surface area (Å²) in [7, 11) is 0. The normalized spacial score (nSPS) is 10.5. The zero-order valence-corrected chi connectivity index (χ0v) is 11.9. The molecule has 0 aliphatic heterocycles. The lowest BCUT2D eigenvalue weighted by Crippen LogP contribution is -2.22. The van der Waals surface area contributed by atoms with Gasteiger partial charge in [0.05, 0.1) is 6.54 Å². The van der Waals surface area contributed by atoms with E-state index in [1.807, 2.05) is 48.5 Å². The van der Waals surface area contributed by atoms with Crippen LogP contribution >= 0.6 is 0 Å². The minimum Gasteiger partial charge on any atom is -0.419 e. The van der Waals surface area contributed by atoms with Crippen molar-refractivity contribution in [1.29, 1.82) is 0 Å². The van der Waals surface area contributed by atoms with Crippen LogP contribution in [0.4, 0.5) is 5.69 Å². The molecule has 4 nitrogen and oxygen atoms in total. The zero-order chi connectivity index (χ0) is 14.5. The lowest BCUT2D eigenvalue weighted by molar-refractivity contribution is 0.499. The highest BCUT2D eigenvalue weighted by atomic mass is 16.4. The highest BCUT2D eigenvalue weighted by Crippen LogP contribution is 2.20. The van der Waals surface area contributed by atoms with Gasteiger partial charge in [-0.25, -0.2) is 0 Å². The molecule has 0 spiro atoms. The second-order valence-electron chi connectivity index (χ2n) is 4.72. The van der Waals surface area contributed by atoms with Crippen LogP contribution in [0.5, 0.6) is 0 Å². The Labute approximate surface area is 124 Å². The molecular weight excluding hydrogens is 262 g/mol. The average Bonchev–Trinajstić information content (AvgIpc) is 3.03. The number of rotatable bonds is 5. The van der Waals surface area contributed by atoms with Crippen molar-refractivity contribution in [3.8, 4) is 11.5 Å². The lowest BCUT2D eigenvalue weighted by Gasteiger charge is -2.20. The van der Waals surface area contributed by atoms with E-state index in [9.17, 15) is 0 Å². The maximum atomic E-state index is 5.76. The van der Waals surface area contributed by atoms with E-state index in [-0.39, 0.29) is 0 Å². The fraction of sp³-hybridized carbons (Fsp3) is 0.176. The molecule has 0 radical (unpaired) electrons. The van der Waals surface area contributed by atoms with Gasteiger partial charge in [0.15, 0.2) is 0 Å². The fourth-order valence-corrected chi connectivity index (χ4v) is 2.20. The minimum absolute atomic E-state index is 0.565. The topological polar surface area (TPSA) is 42.2 Å². The van der Waals surface area contributed by atoms with Crippen LogP contribution < -0.4 is 4.90 Å². The first-order valence-electron chi connectivity index (χ1n) is 7.04. The molecular formula is C17H17N3O. The third-order valence-corrected chi connectivity index (χ3v) is 3.32. The van der Waals surface area contributed by atoms with Gasteiger partial charge in [0.2, 0.25) is 11.8 Å². The highest BCUT2D eigenvalue weighted by molar-refractivity contribution is 5.52. The second kappa shape index (κ2) is 6.22. The summed E-state index contributed by atoms with van der Waals surface area (Å²) < 4.78 is 5.76. The maximum absolute atomic E-state index is 5.76. The number of anilines is 1. The molecule has 1 heterocycles. The zero-order valence-electron chi connectivity index (χ0n) is 11.9. The molecule has 3 rings (SSSR count). The Hall–Kier alpha value is -2.62. The quantitative estimate of drug-likeness (QED) is 0.713. The summed E-state index contributed by atoms with van der Waals surface area (Å²) in [6.07, 6.45) is 0. The van der Waals surface area contributed by atoms with Crippen LogP contribution in [0.25, 0.3) is 11.5 Å². The molecule has 0 aliphatic carbocycles. The van der Waals surface area contributed by atoms with Crippen molar-refractivity contribution in [3.05, 3.63) is 66.6 Å². The molecule has 1 aromatic heterocycles. The van der Waals surface area contributed by atoms with Gasteiger partial charge in [0.25, 0.3) is 0 Å². The van der Waals surface area contributed by atoms with Crippen molar-refractivity contribution in [2.24, 2.45) is 0 Å². The number of benzene rings is 2. The van der Waals surface area contributed by atoms with E-state index >= 15 is 0 Å². The van der Waals surface area contributed by atoms with E-state index in [1.54, 1.807) is 0 Å². The van der Waals surface area contributed by atoms with Gasteiger partial charge < -0.3 is 9.32 Å². The third-order valence-electron chi connectivity index (χ3n) is 3.32. The van der Waals surface area contributed by atoms with Crippen molar-refractivity contribution >= 4 is 5.69 Å². The smallest absolute Gasteiger partial charge is 0.247 e. The first-order valence-corrected chi connectivity index (χ1v) is 7.04. The molecule has 106 valence electrons. The van der Waals surface area contributed by atoms with Crippen molar-refractivity contribution in [1.82, 2.24) is 10.2 Å². The molecule has 0 bridgehead atoms. The minimum atomic E-state index is 0.565. The van der Waals surface area contributed by atoms with Gasteiger partial charge in [0.1, 0.15) is 0 Å². The van der Waals surface area contributed by atoms with E-state index < -0.39 is 0 Å². The second-order valence-corrected chi connectivity index (χ2v) is 4.72. The van der Waals surface area contributed by atoms with Crippen LogP contribution in [0.3, 0.4) is 0 Å². The van der Waals surface area contributed by atoms with Gasteiger partial charge in [-0.3, -0.25) is 0 Å². The van der Waals surface area contributed by atoms with Gasteiger partial charge >= 0.3 is 0 Å². The Morgan fingerprint density at radius 1 is 0.905 bits per heavy atom. The Kier molecular flexibility index (Phi) is 3.96. The molecule has 0 aliphatic rings. The molecule has 0 N–H and O–H groups in total. The lowest BCUT2D eigenvalue weighted by atomic mass is 10.2. The van der Waals surface area contributed by atoms with E-state index in [0.29, 0.717) is 18.3 Å². The van der Waals surface area contributed by atoms with Crippen LogP contribution in [-0.2, 0) is 6.54 Å². The summed E-state index contributed by atoms with van der Waals surface area (Å²) in [6, 6.07) is 20.0. The van der Waals surface area contributed by atoms with Crippen LogP contribution in [-0.4, -0.2) is 16.7 Å². The third kappa shape index (κ3) is 3.11. The number of hydrogen-bond donors (Lipinski definition) is 0. The molecule has 4 heteroatoms. The summed E-state index contributed by atoms with van der Waals surface area (Å²) in [5.74, 6) is 1.19. The predicted molar refractivity (Wildman–Crippen MR) is 82.9 cm³/mol. The number of aromatic nitrogens is 2. The Morgan fingerprint density at radius 2 is 1.57 bits per heavy atom. The Bertz CT molecular complexity index is 680. The maximum Gasteiger partial charge on any atom is 0.247 e. The predicted octanol–water partition coefficient (Wildman–Crippen LogP) is 3.76. The van der Waals surface area contributed by atoms with Gasteiger partial charge in [-0.15, -0.1) is 10.2 Å². The summed E-state index contributed by atoms with van der Waals surface area (Å²) >= 11 is 0. The molecule has 0 saturated carbocycles. The van der Waals surface area contributed by atoms with Crippen molar-refractivity contribution in [3.63, 3.8) is 0 Å². The molecule has 0 fully saturated rings. The highest BCUT2D eigenvalue weighted by Gasteiger charge is 2.12. The Balaban J connectivity index is 1.78. The molecule has 0 atom stereocenters. The molecule has 21 heavy (non-hydrogen) atoms. The van der Waals surface area contributed by atoms with Crippen LogP contribution in [0.15, 0.2) is 65.1 Å². The monoisotopic (exact) mass is 279 g/mol. The number of para-hydroxylation sites is 1. The van der Waals surface area contributed by atoms with Crippen molar-refractivity contribution in [2.45, 2.75) is 13.5 Å². The van der Waals surface area contributed by atoms with Crippen LogP contribution in [0.2, 0.25) is 0 Å². The first-order chi connectivity index (χ1) is 10.4. The molecule has 2 aromatic carbocycles. The van der Waals surface area contributed by atoms with Crippen LogP contribution in [0, 0.1) is 0 Å². The summed E-state index contributed by atoms with van der Waals surface area (Å²) in [6.45, 7) is 3.61. The molecule has 0 unspecified atom stereocenters.